The lowest BCUT2D eigenvalue weighted by molar-refractivity contribution is 0.254. The highest BCUT2D eigenvalue weighted by Gasteiger charge is 2.55. The number of hydrogen-bond acceptors (Lipinski definition) is 1. The Morgan fingerprint density at radius 1 is 0.938 bits per heavy atom. The molecule has 4 bridgehead atoms. The van der Waals surface area contributed by atoms with Crippen molar-refractivity contribution >= 4 is 5.69 Å². The first-order valence-electron chi connectivity index (χ1n) is 6.66. The summed E-state index contributed by atoms with van der Waals surface area (Å²) in [6, 6.07) is 10.8. The average molecular weight is 213 g/mol. The second-order valence-corrected chi connectivity index (χ2v) is 6.24. The molecule has 16 heavy (non-hydrogen) atoms. The zero-order chi connectivity index (χ0) is 10.6. The summed E-state index contributed by atoms with van der Waals surface area (Å²) in [6.07, 6.45) is 7.35. The number of hydrogen-bond donors (Lipinski definition) is 1. The van der Waals surface area contributed by atoms with E-state index in [1.807, 2.05) is 0 Å². The van der Waals surface area contributed by atoms with E-state index >= 15 is 0 Å². The first-order valence-corrected chi connectivity index (χ1v) is 6.66. The lowest BCUT2D eigenvalue weighted by atomic mass is 9.76. The molecule has 1 nitrogen and oxygen atoms in total. The molecule has 4 aliphatic rings. The van der Waals surface area contributed by atoms with Crippen molar-refractivity contribution in [3.05, 3.63) is 30.3 Å². The van der Waals surface area contributed by atoms with Gasteiger partial charge in [-0.2, -0.15) is 0 Å². The maximum absolute atomic E-state index is 3.85. The number of rotatable bonds is 2. The van der Waals surface area contributed by atoms with E-state index in [1.165, 1.54) is 37.8 Å². The Morgan fingerprint density at radius 2 is 1.62 bits per heavy atom. The largest absolute Gasteiger partial charge is 0.380 e. The van der Waals surface area contributed by atoms with Crippen LogP contribution in [-0.2, 0) is 0 Å². The molecule has 0 aromatic heterocycles. The van der Waals surface area contributed by atoms with E-state index in [-0.39, 0.29) is 0 Å². The maximum Gasteiger partial charge on any atom is 0.0381 e. The van der Waals surface area contributed by atoms with E-state index in [0.29, 0.717) is 5.54 Å². The summed E-state index contributed by atoms with van der Waals surface area (Å²) < 4.78 is 0. The first-order chi connectivity index (χ1) is 7.83. The van der Waals surface area contributed by atoms with Crippen molar-refractivity contribution in [2.45, 2.75) is 37.6 Å². The summed E-state index contributed by atoms with van der Waals surface area (Å²) in [5.41, 5.74) is 1.79. The van der Waals surface area contributed by atoms with Gasteiger partial charge in [-0.15, -0.1) is 0 Å². The van der Waals surface area contributed by atoms with Gasteiger partial charge in [0.1, 0.15) is 0 Å². The molecule has 2 atom stereocenters. The number of benzene rings is 1. The molecule has 1 aromatic rings. The second-order valence-electron chi connectivity index (χ2n) is 6.24. The zero-order valence-electron chi connectivity index (χ0n) is 9.65. The molecule has 0 aliphatic heterocycles. The van der Waals surface area contributed by atoms with Crippen LogP contribution < -0.4 is 5.32 Å². The minimum atomic E-state index is 0.470. The van der Waals surface area contributed by atoms with Gasteiger partial charge in [-0.25, -0.2) is 0 Å². The SMILES string of the molecule is c1ccc(NC23CC4CC(C2)C(C4)C3)cc1. The highest BCUT2D eigenvalue weighted by molar-refractivity contribution is 5.46. The molecule has 2 unspecified atom stereocenters. The molecule has 4 aliphatic carbocycles. The summed E-state index contributed by atoms with van der Waals surface area (Å²) in [4.78, 5) is 0. The molecule has 1 N–H and O–H groups in total. The van der Waals surface area contributed by atoms with Gasteiger partial charge in [0.25, 0.3) is 0 Å². The van der Waals surface area contributed by atoms with Gasteiger partial charge in [0, 0.05) is 11.2 Å². The lowest BCUT2D eigenvalue weighted by Crippen LogP contribution is -2.41. The van der Waals surface area contributed by atoms with Gasteiger partial charge in [-0.3, -0.25) is 0 Å². The normalized spacial score (nSPS) is 43.9. The third-order valence-corrected chi connectivity index (χ3v) is 5.11. The summed E-state index contributed by atoms with van der Waals surface area (Å²) in [6.45, 7) is 0. The molecule has 0 radical (unpaired) electrons. The molecular weight excluding hydrogens is 194 g/mol. The third-order valence-electron chi connectivity index (χ3n) is 5.11. The van der Waals surface area contributed by atoms with Gasteiger partial charge in [-0.1, -0.05) is 18.2 Å². The van der Waals surface area contributed by atoms with Crippen LogP contribution in [-0.4, -0.2) is 5.54 Å². The van der Waals surface area contributed by atoms with E-state index in [4.69, 9.17) is 0 Å². The van der Waals surface area contributed by atoms with Crippen LogP contribution in [0.1, 0.15) is 32.1 Å². The molecule has 0 amide bonds. The summed E-state index contributed by atoms with van der Waals surface area (Å²) >= 11 is 0. The van der Waals surface area contributed by atoms with Gasteiger partial charge in [0.15, 0.2) is 0 Å². The van der Waals surface area contributed by atoms with Crippen molar-refractivity contribution in [1.82, 2.24) is 0 Å². The monoisotopic (exact) mass is 213 g/mol. The molecule has 0 saturated heterocycles. The molecule has 5 rings (SSSR count). The van der Waals surface area contributed by atoms with Crippen LogP contribution in [0.5, 0.6) is 0 Å². The van der Waals surface area contributed by atoms with Gasteiger partial charge in [-0.05, 0) is 62.0 Å². The predicted molar refractivity (Wildman–Crippen MR) is 66.4 cm³/mol. The van der Waals surface area contributed by atoms with Crippen molar-refractivity contribution < 1.29 is 0 Å². The standard InChI is InChI=1S/C15H19N/c1-2-4-14(5-3-1)16-15-8-11-6-12(9-15)13(7-11)10-15/h1-5,11-13,16H,6-10H2. The van der Waals surface area contributed by atoms with Crippen LogP contribution in [0.3, 0.4) is 0 Å². The Balaban J connectivity index is 1.60. The van der Waals surface area contributed by atoms with Crippen molar-refractivity contribution in [2.75, 3.05) is 5.32 Å². The van der Waals surface area contributed by atoms with E-state index in [2.05, 4.69) is 35.6 Å². The summed E-state index contributed by atoms with van der Waals surface area (Å²) in [7, 11) is 0. The van der Waals surface area contributed by atoms with Crippen LogP contribution in [0.2, 0.25) is 0 Å². The van der Waals surface area contributed by atoms with Crippen LogP contribution in [0, 0.1) is 17.8 Å². The predicted octanol–water partition coefficient (Wildman–Crippen LogP) is 3.68. The summed E-state index contributed by atoms with van der Waals surface area (Å²) in [5, 5.41) is 3.85. The van der Waals surface area contributed by atoms with E-state index in [0.717, 1.165) is 17.8 Å². The first kappa shape index (κ1) is 9.09. The Kier molecular flexibility index (Phi) is 1.72. The molecule has 0 spiro atoms. The zero-order valence-corrected chi connectivity index (χ0v) is 9.65. The van der Waals surface area contributed by atoms with Crippen LogP contribution in [0.25, 0.3) is 0 Å². The van der Waals surface area contributed by atoms with Gasteiger partial charge in [0.2, 0.25) is 0 Å². The van der Waals surface area contributed by atoms with Crippen LogP contribution >= 0.6 is 0 Å². The van der Waals surface area contributed by atoms with Crippen LogP contribution in [0.15, 0.2) is 30.3 Å². The minimum absolute atomic E-state index is 0.470. The molecule has 84 valence electrons. The lowest BCUT2D eigenvalue weighted by Gasteiger charge is -2.40. The summed E-state index contributed by atoms with van der Waals surface area (Å²) in [5.74, 6) is 3.14. The third kappa shape index (κ3) is 1.24. The smallest absolute Gasteiger partial charge is 0.0381 e. The topological polar surface area (TPSA) is 12.0 Å². The van der Waals surface area contributed by atoms with Crippen molar-refractivity contribution in [2.24, 2.45) is 17.8 Å². The minimum Gasteiger partial charge on any atom is -0.380 e. The molecular formula is C15H19N. The van der Waals surface area contributed by atoms with Crippen molar-refractivity contribution in [1.29, 1.82) is 0 Å². The Labute approximate surface area is 97.2 Å². The Morgan fingerprint density at radius 3 is 2.25 bits per heavy atom. The fourth-order valence-corrected chi connectivity index (χ4v) is 4.79. The van der Waals surface area contributed by atoms with E-state index in [1.54, 1.807) is 0 Å². The van der Waals surface area contributed by atoms with Gasteiger partial charge >= 0.3 is 0 Å². The number of para-hydroxylation sites is 1. The molecule has 4 fully saturated rings. The second kappa shape index (κ2) is 3.03. The van der Waals surface area contributed by atoms with Crippen molar-refractivity contribution in [3.8, 4) is 0 Å². The number of anilines is 1. The molecule has 1 aromatic carbocycles. The van der Waals surface area contributed by atoms with Gasteiger partial charge in [0.05, 0.1) is 0 Å². The van der Waals surface area contributed by atoms with Crippen molar-refractivity contribution in [3.63, 3.8) is 0 Å². The molecule has 0 heterocycles. The average Bonchev–Trinajstić information content (AvgIpc) is 2.67. The van der Waals surface area contributed by atoms with Gasteiger partial charge < -0.3 is 5.32 Å². The Bertz CT molecular complexity index is 378. The quantitative estimate of drug-likeness (QED) is 0.790. The number of nitrogens with one attached hydrogen (secondary N) is 1. The van der Waals surface area contributed by atoms with Crippen LogP contribution in [0.4, 0.5) is 5.69 Å². The fourth-order valence-electron chi connectivity index (χ4n) is 4.79. The molecule has 4 saturated carbocycles. The Hall–Kier alpha value is -0.980. The van der Waals surface area contributed by atoms with E-state index < -0.39 is 0 Å². The maximum atomic E-state index is 3.85. The fraction of sp³-hybridized carbons (Fsp3) is 0.600. The molecule has 1 heteroatoms. The highest BCUT2D eigenvalue weighted by atomic mass is 15.0. The van der Waals surface area contributed by atoms with E-state index in [9.17, 15) is 0 Å². The highest BCUT2D eigenvalue weighted by Crippen LogP contribution is 2.60.